The summed E-state index contributed by atoms with van der Waals surface area (Å²) >= 11 is 1.68. The Balaban J connectivity index is 1.50. The van der Waals surface area contributed by atoms with Crippen LogP contribution in [-0.2, 0) is 11.2 Å². The number of pyridine rings is 1. The number of hydrogen-bond acceptors (Lipinski definition) is 4. The maximum atomic E-state index is 13.0. The molecule has 1 aromatic heterocycles. The lowest BCUT2D eigenvalue weighted by molar-refractivity contribution is -0.126. The number of nitrogens with zero attached hydrogens (tertiary/aromatic N) is 2. The molecule has 0 radical (unpaired) electrons. The van der Waals surface area contributed by atoms with Crippen LogP contribution in [0.5, 0.6) is 0 Å². The molecule has 134 valence electrons. The average Bonchev–Trinajstić information content (AvgIpc) is 3.06. The molecule has 4 rings (SSSR count). The summed E-state index contributed by atoms with van der Waals surface area (Å²) in [6, 6.07) is 12.9. The Bertz CT molecular complexity index is 853. The van der Waals surface area contributed by atoms with Gasteiger partial charge in [-0.3, -0.25) is 14.6 Å². The van der Waals surface area contributed by atoms with Crippen molar-refractivity contribution < 1.29 is 9.59 Å². The zero-order valence-electron chi connectivity index (χ0n) is 14.8. The van der Waals surface area contributed by atoms with Gasteiger partial charge in [0.25, 0.3) is 5.91 Å². The Morgan fingerprint density at radius 1 is 1.23 bits per heavy atom. The first-order valence-corrected chi connectivity index (χ1v) is 9.64. The van der Waals surface area contributed by atoms with Gasteiger partial charge in [0.2, 0.25) is 5.91 Å². The third-order valence-corrected chi connectivity index (χ3v) is 6.49. The molecular formula is C20H21N3O2S. The number of rotatable bonds is 4. The van der Waals surface area contributed by atoms with Gasteiger partial charge in [0.05, 0.1) is 0 Å². The lowest BCUT2D eigenvalue weighted by Crippen LogP contribution is -2.52. The molecule has 1 aromatic carbocycles. The van der Waals surface area contributed by atoms with Crippen LogP contribution in [0.25, 0.3) is 0 Å². The van der Waals surface area contributed by atoms with Crippen LogP contribution in [-0.4, -0.2) is 39.0 Å². The molecule has 2 aliphatic heterocycles. The van der Waals surface area contributed by atoms with Gasteiger partial charge >= 0.3 is 0 Å². The molecule has 0 saturated carbocycles. The summed E-state index contributed by atoms with van der Waals surface area (Å²) in [5, 5.41) is 2.92. The molecule has 2 aromatic rings. The van der Waals surface area contributed by atoms with Crippen LogP contribution in [0.1, 0.15) is 40.8 Å². The van der Waals surface area contributed by atoms with Crippen molar-refractivity contribution in [1.29, 1.82) is 0 Å². The van der Waals surface area contributed by atoms with Gasteiger partial charge in [0.15, 0.2) is 0 Å². The van der Waals surface area contributed by atoms with Gasteiger partial charge in [0, 0.05) is 35.2 Å². The van der Waals surface area contributed by atoms with E-state index in [4.69, 9.17) is 0 Å². The Labute approximate surface area is 157 Å². The quantitative estimate of drug-likeness (QED) is 0.903. The molecule has 26 heavy (non-hydrogen) atoms. The molecule has 0 bridgehead atoms. The van der Waals surface area contributed by atoms with Crippen LogP contribution >= 0.6 is 11.8 Å². The van der Waals surface area contributed by atoms with E-state index in [0.29, 0.717) is 18.5 Å². The molecule has 6 heteroatoms. The first kappa shape index (κ1) is 17.1. The SMILES string of the molecule is CC1(C)S[C@@H]2c3ccccc3C(=O)N2[C@H]1C(=O)NCCc1ccccn1. The Kier molecular flexibility index (Phi) is 4.23. The monoisotopic (exact) mass is 367 g/mol. The van der Waals surface area contributed by atoms with Crippen LogP contribution in [0.4, 0.5) is 0 Å². The largest absolute Gasteiger partial charge is 0.354 e. The summed E-state index contributed by atoms with van der Waals surface area (Å²) in [5.41, 5.74) is 2.67. The van der Waals surface area contributed by atoms with E-state index < -0.39 is 6.04 Å². The lowest BCUT2D eigenvalue weighted by atomic mass is 10.0. The highest BCUT2D eigenvalue weighted by atomic mass is 32.2. The number of carbonyl (C=O) groups is 2. The molecule has 2 aliphatic rings. The Hall–Kier alpha value is -2.34. The number of aromatic nitrogens is 1. The minimum Gasteiger partial charge on any atom is -0.354 e. The number of amides is 2. The first-order chi connectivity index (χ1) is 12.5. The van der Waals surface area contributed by atoms with Gasteiger partial charge in [-0.2, -0.15) is 0 Å². The highest BCUT2D eigenvalue weighted by Gasteiger charge is 2.57. The predicted molar refractivity (Wildman–Crippen MR) is 102 cm³/mol. The third-order valence-electron chi connectivity index (χ3n) is 4.95. The van der Waals surface area contributed by atoms with E-state index in [2.05, 4.69) is 10.3 Å². The molecule has 5 nitrogen and oxygen atoms in total. The maximum absolute atomic E-state index is 13.0. The Morgan fingerprint density at radius 3 is 2.77 bits per heavy atom. The molecule has 1 N–H and O–H groups in total. The van der Waals surface area contributed by atoms with Crippen molar-refractivity contribution in [3.8, 4) is 0 Å². The summed E-state index contributed by atoms with van der Waals surface area (Å²) in [7, 11) is 0. The minimum absolute atomic E-state index is 0.0476. The highest BCUT2D eigenvalue weighted by molar-refractivity contribution is 8.01. The maximum Gasteiger partial charge on any atom is 0.256 e. The highest BCUT2D eigenvalue weighted by Crippen LogP contribution is 2.56. The molecule has 1 fully saturated rings. The predicted octanol–water partition coefficient (Wildman–Crippen LogP) is 2.79. The van der Waals surface area contributed by atoms with Gasteiger partial charge in [-0.1, -0.05) is 24.3 Å². The van der Waals surface area contributed by atoms with E-state index in [1.807, 2.05) is 56.3 Å². The third kappa shape index (κ3) is 2.78. The van der Waals surface area contributed by atoms with Gasteiger partial charge < -0.3 is 10.2 Å². The summed E-state index contributed by atoms with van der Waals surface area (Å²) in [6.07, 6.45) is 2.42. The number of nitrogens with one attached hydrogen (secondary N) is 1. The summed E-state index contributed by atoms with van der Waals surface area (Å²) < 4.78 is -0.344. The van der Waals surface area contributed by atoms with Crippen molar-refractivity contribution in [1.82, 2.24) is 15.2 Å². The molecule has 3 heterocycles. The molecule has 2 atom stereocenters. The smallest absolute Gasteiger partial charge is 0.256 e. The van der Waals surface area contributed by atoms with Crippen LogP contribution in [0.15, 0.2) is 48.7 Å². The van der Waals surface area contributed by atoms with E-state index in [-0.39, 0.29) is 21.9 Å². The second kappa shape index (κ2) is 6.43. The van der Waals surface area contributed by atoms with Crippen molar-refractivity contribution >= 4 is 23.6 Å². The van der Waals surface area contributed by atoms with E-state index in [9.17, 15) is 9.59 Å². The van der Waals surface area contributed by atoms with Crippen LogP contribution < -0.4 is 5.32 Å². The Morgan fingerprint density at radius 2 is 2.00 bits per heavy atom. The molecular weight excluding hydrogens is 346 g/mol. The van der Waals surface area contributed by atoms with Crippen LogP contribution in [0.2, 0.25) is 0 Å². The molecule has 0 spiro atoms. The topological polar surface area (TPSA) is 62.3 Å². The molecule has 2 amide bonds. The van der Waals surface area contributed by atoms with Gasteiger partial charge in [-0.15, -0.1) is 11.8 Å². The second-order valence-corrected chi connectivity index (χ2v) is 8.87. The molecule has 0 unspecified atom stereocenters. The van der Waals surface area contributed by atoms with Gasteiger partial charge in [0.1, 0.15) is 11.4 Å². The number of thioether (sulfide) groups is 1. The van der Waals surface area contributed by atoms with Crippen molar-refractivity contribution in [3.05, 3.63) is 65.5 Å². The van der Waals surface area contributed by atoms with Crippen molar-refractivity contribution in [2.75, 3.05) is 6.54 Å². The number of carbonyl (C=O) groups excluding carboxylic acids is 2. The minimum atomic E-state index is -0.485. The fourth-order valence-corrected chi connectivity index (χ4v) is 5.35. The molecule has 0 aliphatic carbocycles. The second-order valence-electron chi connectivity index (χ2n) is 7.14. The van der Waals surface area contributed by atoms with Gasteiger partial charge in [-0.05, 0) is 37.6 Å². The van der Waals surface area contributed by atoms with Crippen LogP contribution in [0.3, 0.4) is 0 Å². The van der Waals surface area contributed by atoms with E-state index in [1.54, 1.807) is 22.9 Å². The fourth-order valence-electron chi connectivity index (χ4n) is 3.76. The van der Waals surface area contributed by atoms with Crippen molar-refractivity contribution in [2.24, 2.45) is 0 Å². The van der Waals surface area contributed by atoms with E-state index in [0.717, 1.165) is 11.3 Å². The first-order valence-electron chi connectivity index (χ1n) is 8.76. The number of hydrogen-bond donors (Lipinski definition) is 1. The van der Waals surface area contributed by atoms with Crippen molar-refractivity contribution in [2.45, 2.75) is 36.4 Å². The standard InChI is InChI=1S/C20H21N3O2S/c1-20(2)16(17(24)22-12-10-13-7-5-6-11-21-13)23-18(25)14-8-3-4-9-15(14)19(23)26-20/h3-9,11,16,19H,10,12H2,1-2H3,(H,22,24)/t16-,19+/m0/s1. The zero-order valence-corrected chi connectivity index (χ0v) is 15.6. The molecule has 1 saturated heterocycles. The average molecular weight is 367 g/mol. The summed E-state index contributed by atoms with van der Waals surface area (Å²) in [5.74, 6) is -0.143. The normalized spacial score (nSPS) is 22.8. The fraction of sp³-hybridized carbons (Fsp3) is 0.350. The summed E-state index contributed by atoms with van der Waals surface area (Å²) in [4.78, 5) is 31.9. The zero-order chi connectivity index (χ0) is 18.3. The lowest BCUT2D eigenvalue weighted by Gasteiger charge is -2.29. The summed E-state index contributed by atoms with van der Waals surface area (Å²) in [6.45, 7) is 4.58. The van der Waals surface area contributed by atoms with E-state index >= 15 is 0 Å². The van der Waals surface area contributed by atoms with Crippen LogP contribution in [0, 0.1) is 0 Å². The number of fused-ring (bicyclic) bond motifs is 3. The number of benzene rings is 1. The van der Waals surface area contributed by atoms with Gasteiger partial charge in [-0.25, -0.2) is 0 Å². The van der Waals surface area contributed by atoms with E-state index in [1.165, 1.54) is 0 Å². The van der Waals surface area contributed by atoms with Crippen molar-refractivity contribution in [3.63, 3.8) is 0 Å².